The molecule has 0 aliphatic carbocycles. The standard InChI is InChI=1S/C19H22N4O4S/c1-3-23-15-9-5-4-8-14(15)20-19(23)21-18(24)16-12-17(13(2)27-16)28(25,26)22-10-6-7-11-22/h4-5,8-9,12H,3,6-7,10-11H2,1-2H3,(H,20,21,24). The molecule has 1 aliphatic heterocycles. The van der Waals surface area contributed by atoms with E-state index in [1.54, 1.807) is 6.92 Å². The number of aromatic nitrogens is 2. The van der Waals surface area contributed by atoms with Gasteiger partial charge in [-0.1, -0.05) is 12.1 Å². The van der Waals surface area contributed by atoms with Crippen molar-refractivity contribution in [3.05, 3.63) is 41.9 Å². The summed E-state index contributed by atoms with van der Waals surface area (Å²) in [6.45, 7) is 5.13. The molecule has 4 rings (SSSR count). The number of benzene rings is 1. The maximum Gasteiger partial charge on any atom is 0.293 e. The number of carbonyl (C=O) groups excluding carboxylic acids is 1. The number of nitrogens with one attached hydrogen (secondary N) is 1. The van der Waals surface area contributed by atoms with E-state index in [-0.39, 0.29) is 16.4 Å². The summed E-state index contributed by atoms with van der Waals surface area (Å²) in [5.41, 5.74) is 1.68. The highest BCUT2D eigenvalue weighted by Gasteiger charge is 2.32. The number of fused-ring (bicyclic) bond motifs is 1. The molecule has 9 heteroatoms. The second-order valence-corrected chi connectivity index (χ2v) is 8.67. The Morgan fingerprint density at radius 2 is 1.96 bits per heavy atom. The molecule has 0 saturated carbocycles. The van der Waals surface area contributed by atoms with E-state index in [0.717, 1.165) is 23.9 Å². The van der Waals surface area contributed by atoms with Crippen LogP contribution in [0.5, 0.6) is 0 Å². The Balaban J connectivity index is 1.63. The lowest BCUT2D eigenvalue weighted by molar-refractivity contribution is 0.0994. The van der Waals surface area contributed by atoms with Gasteiger partial charge in [-0.3, -0.25) is 10.1 Å². The fourth-order valence-corrected chi connectivity index (χ4v) is 5.23. The average molecular weight is 402 g/mol. The Labute approximate surface area is 163 Å². The van der Waals surface area contributed by atoms with Gasteiger partial charge in [0.25, 0.3) is 5.91 Å². The Kier molecular flexibility index (Phi) is 4.72. The summed E-state index contributed by atoms with van der Waals surface area (Å²) in [6.07, 6.45) is 1.69. The number of carbonyl (C=O) groups is 1. The van der Waals surface area contributed by atoms with Gasteiger partial charge in [0.15, 0.2) is 5.76 Å². The lowest BCUT2D eigenvalue weighted by atomic mass is 10.3. The highest BCUT2D eigenvalue weighted by Crippen LogP contribution is 2.27. The van der Waals surface area contributed by atoms with Crippen molar-refractivity contribution in [3.8, 4) is 0 Å². The quantitative estimate of drug-likeness (QED) is 0.708. The molecule has 3 heterocycles. The molecule has 1 saturated heterocycles. The van der Waals surface area contributed by atoms with Gasteiger partial charge in [-0.2, -0.15) is 4.31 Å². The molecule has 1 aromatic carbocycles. The Morgan fingerprint density at radius 3 is 2.68 bits per heavy atom. The molecule has 0 atom stereocenters. The van der Waals surface area contributed by atoms with Crippen LogP contribution in [0.3, 0.4) is 0 Å². The van der Waals surface area contributed by atoms with E-state index < -0.39 is 15.9 Å². The van der Waals surface area contributed by atoms with E-state index in [0.29, 0.717) is 25.6 Å². The molecule has 148 valence electrons. The molecule has 1 fully saturated rings. The highest BCUT2D eigenvalue weighted by atomic mass is 32.2. The van der Waals surface area contributed by atoms with Gasteiger partial charge < -0.3 is 8.98 Å². The zero-order chi connectivity index (χ0) is 19.9. The minimum absolute atomic E-state index is 0.0449. The number of amides is 1. The average Bonchev–Trinajstić information content (AvgIpc) is 3.39. The zero-order valence-electron chi connectivity index (χ0n) is 15.8. The number of anilines is 1. The van der Waals surface area contributed by atoms with Crippen molar-refractivity contribution in [2.24, 2.45) is 0 Å². The number of hydrogen-bond donors (Lipinski definition) is 1. The number of rotatable bonds is 5. The van der Waals surface area contributed by atoms with E-state index >= 15 is 0 Å². The predicted molar refractivity (Wildman–Crippen MR) is 105 cm³/mol. The third kappa shape index (κ3) is 3.10. The van der Waals surface area contributed by atoms with Crippen molar-refractivity contribution in [3.63, 3.8) is 0 Å². The molecule has 0 radical (unpaired) electrons. The van der Waals surface area contributed by atoms with Gasteiger partial charge in [-0.05, 0) is 38.8 Å². The smallest absolute Gasteiger partial charge is 0.293 e. The lowest BCUT2D eigenvalue weighted by Gasteiger charge is -2.14. The molecular formula is C19H22N4O4S. The van der Waals surface area contributed by atoms with Crippen LogP contribution in [0.4, 0.5) is 5.95 Å². The van der Waals surface area contributed by atoms with Crippen molar-refractivity contribution in [1.82, 2.24) is 13.9 Å². The number of furan rings is 1. The first-order valence-electron chi connectivity index (χ1n) is 9.29. The van der Waals surface area contributed by atoms with E-state index in [9.17, 15) is 13.2 Å². The van der Waals surface area contributed by atoms with Gasteiger partial charge >= 0.3 is 0 Å². The number of hydrogen-bond acceptors (Lipinski definition) is 5. The summed E-state index contributed by atoms with van der Waals surface area (Å²) in [5.74, 6) is 0.0220. The van der Waals surface area contributed by atoms with Crippen LogP contribution in [0.15, 0.2) is 39.6 Å². The van der Waals surface area contributed by atoms with Gasteiger partial charge in [-0.15, -0.1) is 0 Å². The molecule has 8 nitrogen and oxygen atoms in total. The first-order chi connectivity index (χ1) is 13.4. The van der Waals surface area contributed by atoms with Crippen LogP contribution in [-0.2, 0) is 16.6 Å². The minimum atomic E-state index is -3.65. The van der Waals surface area contributed by atoms with Gasteiger partial charge in [0.2, 0.25) is 16.0 Å². The lowest BCUT2D eigenvalue weighted by Crippen LogP contribution is -2.28. The van der Waals surface area contributed by atoms with Gasteiger partial charge in [0, 0.05) is 25.7 Å². The van der Waals surface area contributed by atoms with Crippen molar-refractivity contribution in [2.75, 3.05) is 18.4 Å². The van der Waals surface area contributed by atoms with Crippen LogP contribution < -0.4 is 5.32 Å². The second-order valence-electron chi connectivity index (χ2n) is 6.76. The Hall–Kier alpha value is -2.65. The minimum Gasteiger partial charge on any atom is -0.455 e. The highest BCUT2D eigenvalue weighted by molar-refractivity contribution is 7.89. The molecule has 0 spiro atoms. The van der Waals surface area contributed by atoms with Gasteiger partial charge in [-0.25, -0.2) is 13.4 Å². The van der Waals surface area contributed by atoms with Crippen molar-refractivity contribution >= 4 is 32.9 Å². The second kappa shape index (κ2) is 7.06. The fourth-order valence-electron chi connectivity index (χ4n) is 3.56. The van der Waals surface area contributed by atoms with Crippen molar-refractivity contribution in [2.45, 2.75) is 38.1 Å². The normalized spacial score (nSPS) is 15.4. The summed E-state index contributed by atoms with van der Waals surface area (Å²) in [6, 6.07) is 8.89. The van der Waals surface area contributed by atoms with Crippen LogP contribution in [-0.4, -0.2) is 41.3 Å². The van der Waals surface area contributed by atoms with Crippen LogP contribution in [0.25, 0.3) is 11.0 Å². The Bertz CT molecular complexity index is 1140. The monoisotopic (exact) mass is 402 g/mol. The zero-order valence-corrected chi connectivity index (χ0v) is 16.6. The van der Waals surface area contributed by atoms with E-state index in [1.165, 1.54) is 10.4 Å². The molecule has 3 aromatic rings. The van der Waals surface area contributed by atoms with Crippen LogP contribution >= 0.6 is 0 Å². The van der Waals surface area contributed by atoms with E-state index in [4.69, 9.17) is 4.42 Å². The summed E-state index contributed by atoms with van der Waals surface area (Å²) in [4.78, 5) is 17.2. The largest absolute Gasteiger partial charge is 0.455 e. The summed E-state index contributed by atoms with van der Waals surface area (Å²) >= 11 is 0. The molecule has 2 aromatic heterocycles. The maximum atomic E-state index is 12.8. The maximum absolute atomic E-state index is 12.8. The van der Waals surface area contributed by atoms with Gasteiger partial charge in [0.05, 0.1) is 11.0 Å². The fraction of sp³-hybridized carbons (Fsp3) is 0.368. The first kappa shape index (κ1) is 18.7. The molecule has 0 bridgehead atoms. The number of para-hydroxylation sites is 2. The van der Waals surface area contributed by atoms with Crippen LogP contribution in [0.1, 0.15) is 36.1 Å². The number of sulfonamides is 1. The summed E-state index contributed by atoms with van der Waals surface area (Å²) in [7, 11) is -3.65. The number of nitrogens with zero attached hydrogens (tertiary/aromatic N) is 3. The molecular weight excluding hydrogens is 380 g/mol. The SMILES string of the molecule is CCn1c(NC(=O)c2cc(S(=O)(=O)N3CCCC3)c(C)o2)nc2ccccc21. The van der Waals surface area contributed by atoms with E-state index in [2.05, 4.69) is 10.3 Å². The molecule has 0 unspecified atom stereocenters. The topological polar surface area (TPSA) is 97.4 Å². The summed E-state index contributed by atoms with van der Waals surface area (Å²) in [5, 5.41) is 2.74. The first-order valence-corrected chi connectivity index (χ1v) is 10.7. The summed E-state index contributed by atoms with van der Waals surface area (Å²) < 4.78 is 34.4. The third-order valence-corrected chi connectivity index (χ3v) is 6.98. The van der Waals surface area contributed by atoms with E-state index in [1.807, 2.05) is 35.8 Å². The molecule has 1 N–H and O–H groups in total. The number of imidazole rings is 1. The van der Waals surface area contributed by atoms with Crippen molar-refractivity contribution < 1.29 is 17.6 Å². The van der Waals surface area contributed by atoms with Crippen molar-refractivity contribution in [1.29, 1.82) is 0 Å². The molecule has 28 heavy (non-hydrogen) atoms. The van der Waals surface area contributed by atoms with Crippen LogP contribution in [0.2, 0.25) is 0 Å². The molecule has 1 aliphatic rings. The number of aryl methyl sites for hydroxylation is 2. The van der Waals surface area contributed by atoms with Crippen LogP contribution in [0, 0.1) is 6.92 Å². The third-order valence-electron chi connectivity index (χ3n) is 4.97. The Morgan fingerprint density at radius 1 is 1.25 bits per heavy atom. The molecule has 1 amide bonds. The predicted octanol–water partition coefficient (Wildman–Crippen LogP) is 2.99. The van der Waals surface area contributed by atoms with Gasteiger partial charge in [0.1, 0.15) is 10.7 Å².